The Hall–Kier alpha value is -3.00. The van der Waals surface area contributed by atoms with Crippen LogP contribution in [-0.2, 0) is 56.6 Å². The van der Waals surface area contributed by atoms with Crippen molar-refractivity contribution in [3.05, 3.63) is 53.3 Å². The van der Waals surface area contributed by atoms with Gasteiger partial charge in [-0.1, -0.05) is 20.4 Å². The van der Waals surface area contributed by atoms with Gasteiger partial charge in [-0.25, -0.2) is 4.98 Å². The van der Waals surface area contributed by atoms with Gasteiger partial charge in [-0.15, -0.1) is 11.3 Å². The topological polar surface area (TPSA) is 188 Å². The van der Waals surface area contributed by atoms with Crippen molar-refractivity contribution in [2.75, 3.05) is 25.6 Å². The number of carbonyl (C=O) groups is 5. The number of esters is 1. The number of aliphatic hydroxyl groups is 1. The van der Waals surface area contributed by atoms with Crippen molar-refractivity contribution >= 4 is 46.6 Å². The average molecular weight is 664 g/mol. The molecule has 2 aromatic rings. The molecule has 0 fully saturated rings. The average Bonchev–Trinajstić information content (AvgIpc) is 3.41. The van der Waals surface area contributed by atoms with E-state index in [-0.39, 0.29) is 63.2 Å². The maximum atomic E-state index is 12.3. The molecule has 0 aliphatic heterocycles. The van der Waals surface area contributed by atoms with Crippen LogP contribution in [0.4, 0.5) is 5.69 Å². The van der Waals surface area contributed by atoms with Crippen LogP contribution in [0, 0.1) is 11.3 Å². The van der Waals surface area contributed by atoms with Gasteiger partial charge in [-0.05, 0) is 56.9 Å². The molecule has 1 radical (unpaired) electrons. The molecule has 41 heavy (non-hydrogen) atoms. The molecule has 2 rings (SSSR count). The molecule has 0 saturated carbocycles. The Kier molecular flexibility index (Phi) is 17.1. The van der Waals surface area contributed by atoms with Gasteiger partial charge in [0.05, 0.1) is 24.8 Å². The van der Waals surface area contributed by atoms with E-state index in [1.54, 1.807) is 38.1 Å². The third-order valence-electron chi connectivity index (χ3n) is 5.24. The van der Waals surface area contributed by atoms with Crippen molar-refractivity contribution in [1.29, 1.82) is 0 Å². The molecule has 1 aromatic heterocycles. The van der Waals surface area contributed by atoms with E-state index in [4.69, 9.17) is 5.73 Å². The summed E-state index contributed by atoms with van der Waals surface area (Å²) in [6.07, 6.45) is 1.26. The molecule has 0 unspecified atom stereocenters. The van der Waals surface area contributed by atoms with Crippen LogP contribution in [0.2, 0.25) is 0 Å². The van der Waals surface area contributed by atoms with Gasteiger partial charge in [0, 0.05) is 55.2 Å². The number of hydrogen-bond acceptors (Lipinski definition) is 9. The SMILES string of the molecule is C=C(NC(=O)c1csc(-c2ccc(NC(=O)C(C)(C)CO)cc2)n1)C(=O)NCC(=O)OC.CC(C)CCC([NH-])=O.[Y]. The Morgan fingerprint density at radius 3 is 2.24 bits per heavy atom. The van der Waals surface area contributed by atoms with Crippen molar-refractivity contribution in [2.24, 2.45) is 11.3 Å². The molecule has 0 bridgehead atoms. The standard InChI is InChI=1S/C21H24N4O6S.C6H13NO.Y/c1-12(17(28)22-9-16(27)31-4)23-18(29)15-10-32-19(25-15)13-5-7-14(8-6-13)24-20(30)21(2,3)11-26;1-5(2)3-4-6(7)8;/h5-8,10,26H,1,9,11H2,2-4H3,(H,22,28)(H,23,29)(H,24,30);5H,3-4H2,1-2H3,(H2,7,8);/p-1. The molecular formula is C27H36N5O7SY-. The Bertz CT molecular complexity index is 1210. The van der Waals surface area contributed by atoms with E-state index in [0.717, 1.165) is 12.0 Å². The summed E-state index contributed by atoms with van der Waals surface area (Å²) in [5.41, 5.74) is 6.77. The van der Waals surface area contributed by atoms with Gasteiger partial charge in [0.15, 0.2) is 0 Å². The first-order chi connectivity index (χ1) is 18.7. The van der Waals surface area contributed by atoms with Crippen LogP contribution in [0.15, 0.2) is 41.9 Å². The second-order valence-electron chi connectivity index (χ2n) is 9.66. The molecule has 12 nitrogen and oxygen atoms in total. The minimum Gasteiger partial charge on any atom is -0.668 e. The van der Waals surface area contributed by atoms with E-state index in [1.807, 2.05) is 13.8 Å². The fourth-order valence-electron chi connectivity index (χ4n) is 2.59. The number of aromatic nitrogens is 1. The number of ether oxygens (including phenoxy) is 1. The predicted octanol–water partition coefficient (Wildman–Crippen LogP) is 3.30. The van der Waals surface area contributed by atoms with Gasteiger partial charge in [0.25, 0.3) is 11.8 Å². The van der Waals surface area contributed by atoms with Crippen molar-refractivity contribution in [2.45, 2.75) is 40.5 Å². The first-order valence-electron chi connectivity index (χ1n) is 12.3. The number of thiazole rings is 1. The first-order valence-corrected chi connectivity index (χ1v) is 13.2. The molecule has 5 N–H and O–H groups in total. The molecule has 0 aliphatic rings. The van der Waals surface area contributed by atoms with Crippen LogP contribution in [0.1, 0.15) is 51.0 Å². The second-order valence-corrected chi connectivity index (χ2v) is 10.5. The van der Waals surface area contributed by atoms with Crippen LogP contribution in [0.5, 0.6) is 0 Å². The number of amides is 4. The van der Waals surface area contributed by atoms with E-state index >= 15 is 0 Å². The van der Waals surface area contributed by atoms with E-state index in [0.29, 0.717) is 23.0 Å². The molecule has 1 aromatic carbocycles. The fraction of sp³-hybridized carbons (Fsp3) is 0.407. The molecule has 14 heteroatoms. The molecule has 0 atom stereocenters. The number of rotatable bonds is 12. The number of benzene rings is 1. The minimum atomic E-state index is -0.906. The molecule has 4 amide bonds. The smallest absolute Gasteiger partial charge is 0.325 e. The fourth-order valence-corrected chi connectivity index (χ4v) is 3.39. The molecule has 0 saturated heterocycles. The Morgan fingerprint density at radius 2 is 1.76 bits per heavy atom. The number of anilines is 1. The van der Waals surface area contributed by atoms with E-state index in [1.165, 1.54) is 23.8 Å². The Labute approximate surface area is 268 Å². The molecule has 1 heterocycles. The van der Waals surface area contributed by atoms with E-state index < -0.39 is 29.1 Å². The maximum Gasteiger partial charge on any atom is 0.325 e. The zero-order valence-corrected chi connectivity index (χ0v) is 27.5. The van der Waals surface area contributed by atoms with Crippen LogP contribution in [0.3, 0.4) is 0 Å². The van der Waals surface area contributed by atoms with Gasteiger partial charge < -0.3 is 36.3 Å². The predicted molar refractivity (Wildman–Crippen MR) is 152 cm³/mol. The zero-order valence-electron chi connectivity index (χ0n) is 23.8. The third kappa shape index (κ3) is 14.0. The van der Waals surface area contributed by atoms with Crippen LogP contribution >= 0.6 is 11.3 Å². The Balaban J connectivity index is 0.00000155. The number of nitrogens with zero attached hydrogens (tertiary/aromatic N) is 1. The Morgan fingerprint density at radius 1 is 1.15 bits per heavy atom. The van der Waals surface area contributed by atoms with Gasteiger partial charge in [0.2, 0.25) is 5.91 Å². The number of aliphatic hydroxyl groups excluding tert-OH is 1. The monoisotopic (exact) mass is 663 g/mol. The minimum absolute atomic E-state index is 0. The summed E-state index contributed by atoms with van der Waals surface area (Å²) in [5.74, 6) is -2.19. The van der Waals surface area contributed by atoms with Crippen molar-refractivity contribution in [3.8, 4) is 10.6 Å². The molecular weight excluding hydrogens is 627 g/mol. The summed E-state index contributed by atoms with van der Waals surface area (Å²) < 4.78 is 4.41. The molecule has 0 aliphatic carbocycles. The van der Waals surface area contributed by atoms with Crippen LogP contribution < -0.4 is 16.0 Å². The van der Waals surface area contributed by atoms with Crippen molar-refractivity contribution in [3.63, 3.8) is 0 Å². The summed E-state index contributed by atoms with van der Waals surface area (Å²) in [6, 6.07) is 6.85. The number of methoxy groups -OCH3 is 1. The number of nitrogens with one attached hydrogen (secondary N) is 4. The first kappa shape index (κ1) is 38.0. The molecule has 0 spiro atoms. The van der Waals surface area contributed by atoms with Crippen LogP contribution in [-0.4, -0.2) is 59.9 Å². The third-order valence-corrected chi connectivity index (χ3v) is 6.14. The van der Waals surface area contributed by atoms with Crippen LogP contribution in [0.25, 0.3) is 16.3 Å². The summed E-state index contributed by atoms with van der Waals surface area (Å²) in [6.45, 7) is 10.2. The summed E-state index contributed by atoms with van der Waals surface area (Å²) in [7, 11) is 1.19. The number of hydrogen-bond donors (Lipinski definition) is 4. The normalized spacial score (nSPS) is 10.3. The van der Waals surface area contributed by atoms with Crippen molar-refractivity contribution in [1.82, 2.24) is 15.6 Å². The summed E-state index contributed by atoms with van der Waals surface area (Å²) in [5, 5.41) is 18.7. The van der Waals surface area contributed by atoms with Gasteiger partial charge >= 0.3 is 5.97 Å². The summed E-state index contributed by atoms with van der Waals surface area (Å²) >= 11 is 1.23. The van der Waals surface area contributed by atoms with Gasteiger partial charge in [-0.3, -0.25) is 19.2 Å². The van der Waals surface area contributed by atoms with Gasteiger partial charge in [-0.2, -0.15) is 0 Å². The van der Waals surface area contributed by atoms with E-state index in [2.05, 4.69) is 32.3 Å². The van der Waals surface area contributed by atoms with E-state index in [9.17, 15) is 29.1 Å². The quantitative estimate of drug-likeness (QED) is 0.197. The molecule has 221 valence electrons. The maximum absolute atomic E-state index is 12.3. The largest absolute Gasteiger partial charge is 0.668 e. The summed E-state index contributed by atoms with van der Waals surface area (Å²) in [4.78, 5) is 61.7. The van der Waals surface area contributed by atoms with Gasteiger partial charge in [0.1, 0.15) is 17.2 Å². The van der Waals surface area contributed by atoms with Crippen molar-refractivity contribution < 1.29 is 66.5 Å². The zero-order chi connectivity index (χ0) is 30.5. The second kappa shape index (κ2) is 18.4. The number of carbonyl (C=O) groups excluding carboxylic acids is 5.